The molecule has 142 valence electrons. The maximum Gasteiger partial charge on any atom is 0.255 e. The zero-order chi connectivity index (χ0) is 19.1. The molecule has 0 aromatic heterocycles. The quantitative estimate of drug-likeness (QED) is 0.643. The topological polar surface area (TPSA) is 41.1 Å². The molecule has 0 heterocycles. The number of thioether (sulfide) groups is 1. The highest BCUT2D eigenvalue weighted by Gasteiger charge is 2.16. The number of rotatable bonds is 8. The van der Waals surface area contributed by atoms with Gasteiger partial charge in [-0.1, -0.05) is 13.0 Å². The molecule has 2 N–H and O–H groups in total. The molecule has 1 atom stereocenters. The molecule has 0 saturated heterocycles. The molecule has 1 aromatic rings. The molecule has 1 amide bonds. The zero-order valence-corrected chi connectivity index (χ0v) is 15.7. The van der Waals surface area contributed by atoms with Crippen LogP contribution in [0.1, 0.15) is 26.2 Å². The van der Waals surface area contributed by atoms with Crippen LogP contribution < -0.4 is 10.6 Å². The number of allylic oxidation sites excluding steroid dienone is 2. The van der Waals surface area contributed by atoms with Crippen molar-refractivity contribution in [1.82, 2.24) is 5.32 Å². The van der Waals surface area contributed by atoms with E-state index in [9.17, 15) is 18.0 Å². The summed E-state index contributed by atoms with van der Waals surface area (Å²) in [6.07, 6.45) is 6.28. The second-order valence-electron chi connectivity index (χ2n) is 6.32. The summed E-state index contributed by atoms with van der Waals surface area (Å²) < 4.78 is 39.5. The third kappa shape index (κ3) is 5.92. The van der Waals surface area contributed by atoms with Gasteiger partial charge in [-0.05, 0) is 55.5 Å². The van der Waals surface area contributed by atoms with E-state index in [1.807, 2.05) is 13.1 Å². The third-order valence-electron chi connectivity index (χ3n) is 4.03. The van der Waals surface area contributed by atoms with Crippen LogP contribution in [-0.4, -0.2) is 25.3 Å². The molecule has 2 rings (SSSR count). The number of hydrogen-bond donors (Lipinski definition) is 2. The number of hydrogen-bond acceptors (Lipinski definition) is 3. The van der Waals surface area contributed by atoms with E-state index in [0.717, 1.165) is 48.6 Å². The molecule has 1 aliphatic carbocycles. The third-order valence-corrected chi connectivity index (χ3v) is 5.16. The van der Waals surface area contributed by atoms with Gasteiger partial charge in [0.15, 0.2) is 17.5 Å². The van der Waals surface area contributed by atoms with Gasteiger partial charge in [0, 0.05) is 23.4 Å². The lowest BCUT2D eigenvalue weighted by molar-refractivity contribution is -0.112. The largest absolute Gasteiger partial charge is 0.322 e. The smallest absolute Gasteiger partial charge is 0.255 e. The highest BCUT2D eigenvalue weighted by molar-refractivity contribution is 8.03. The van der Waals surface area contributed by atoms with E-state index in [-0.39, 0.29) is 5.69 Å². The molecule has 1 aliphatic rings. The van der Waals surface area contributed by atoms with E-state index in [1.54, 1.807) is 17.8 Å². The van der Waals surface area contributed by atoms with Crippen molar-refractivity contribution in [1.29, 1.82) is 0 Å². The molecule has 7 heteroatoms. The molecule has 0 bridgehead atoms. The first-order valence-electron chi connectivity index (χ1n) is 8.54. The van der Waals surface area contributed by atoms with Crippen LogP contribution in [0.15, 0.2) is 34.8 Å². The van der Waals surface area contributed by atoms with Crippen molar-refractivity contribution in [2.75, 3.05) is 24.7 Å². The molecule has 3 nitrogen and oxygen atoms in total. The average Bonchev–Trinajstić information content (AvgIpc) is 2.60. The number of anilines is 1. The van der Waals surface area contributed by atoms with Crippen LogP contribution in [0.2, 0.25) is 0 Å². The van der Waals surface area contributed by atoms with Crippen molar-refractivity contribution in [3.05, 3.63) is 52.2 Å². The Bertz CT molecular complexity index is 696. The maximum absolute atomic E-state index is 13.3. The summed E-state index contributed by atoms with van der Waals surface area (Å²) in [6, 6.07) is 1.53. The Morgan fingerprint density at radius 3 is 2.62 bits per heavy atom. The average molecular weight is 384 g/mol. The van der Waals surface area contributed by atoms with Crippen LogP contribution in [0.5, 0.6) is 0 Å². The van der Waals surface area contributed by atoms with Crippen molar-refractivity contribution in [3.8, 4) is 0 Å². The summed E-state index contributed by atoms with van der Waals surface area (Å²) in [4.78, 5) is 13.4. The Balaban J connectivity index is 1.94. The van der Waals surface area contributed by atoms with Crippen LogP contribution in [0.4, 0.5) is 18.9 Å². The lowest BCUT2D eigenvalue weighted by Gasteiger charge is -2.15. The van der Waals surface area contributed by atoms with Gasteiger partial charge in [-0.25, -0.2) is 13.2 Å². The summed E-state index contributed by atoms with van der Waals surface area (Å²) >= 11 is 1.73. The van der Waals surface area contributed by atoms with Gasteiger partial charge in [0.1, 0.15) is 0 Å². The minimum absolute atomic E-state index is 0.110. The van der Waals surface area contributed by atoms with Gasteiger partial charge in [0.05, 0.1) is 0 Å². The van der Waals surface area contributed by atoms with E-state index >= 15 is 0 Å². The number of benzene rings is 1. The zero-order valence-electron chi connectivity index (χ0n) is 14.9. The van der Waals surface area contributed by atoms with Crippen molar-refractivity contribution in [2.24, 2.45) is 5.92 Å². The number of amides is 1. The standard InChI is InChI=1S/C19H23F3N2OS/c1-12(11-23-2)6-7-26-15-5-3-4-13(8-15)19(25)24-14-9-16(20)18(22)17(21)10-14/h4,8-10,12,23H,3,5-7,11H2,1-2H3,(H,24,25). The monoisotopic (exact) mass is 384 g/mol. The van der Waals surface area contributed by atoms with Gasteiger partial charge in [0.25, 0.3) is 5.91 Å². The van der Waals surface area contributed by atoms with Crippen molar-refractivity contribution >= 4 is 23.4 Å². The summed E-state index contributed by atoms with van der Waals surface area (Å²) in [6.45, 7) is 3.16. The fraction of sp³-hybridized carbons (Fsp3) is 0.421. The van der Waals surface area contributed by atoms with Crippen molar-refractivity contribution in [3.63, 3.8) is 0 Å². The fourth-order valence-electron chi connectivity index (χ4n) is 2.62. The van der Waals surface area contributed by atoms with E-state index < -0.39 is 23.4 Å². The van der Waals surface area contributed by atoms with Gasteiger partial charge in [0.2, 0.25) is 0 Å². The summed E-state index contributed by atoms with van der Waals surface area (Å²) in [5, 5.41) is 5.57. The summed E-state index contributed by atoms with van der Waals surface area (Å²) in [5.74, 6) is -3.13. The first-order chi connectivity index (χ1) is 12.4. The van der Waals surface area contributed by atoms with E-state index in [1.165, 1.54) is 0 Å². The van der Waals surface area contributed by atoms with Crippen molar-refractivity contribution in [2.45, 2.75) is 26.2 Å². The molecular weight excluding hydrogens is 361 g/mol. The Morgan fingerprint density at radius 2 is 1.96 bits per heavy atom. The van der Waals surface area contributed by atoms with E-state index in [2.05, 4.69) is 17.6 Å². The molecule has 26 heavy (non-hydrogen) atoms. The summed E-state index contributed by atoms with van der Waals surface area (Å²) in [7, 11) is 1.93. The Labute approximate surface area is 156 Å². The van der Waals surface area contributed by atoms with Gasteiger partial charge < -0.3 is 10.6 Å². The first-order valence-corrected chi connectivity index (χ1v) is 9.53. The Hall–Kier alpha value is -1.73. The molecule has 1 unspecified atom stereocenters. The molecule has 1 aromatic carbocycles. The molecule has 0 radical (unpaired) electrons. The van der Waals surface area contributed by atoms with Crippen LogP contribution in [0, 0.1) is 23.4 Å². The highest BCUT2D eigenvalue weighted by atomic mass is 32.2. The minimum Gasteiger partial charge on any atom is -0.322 e. The molecule has 0 saturated carbocycles. The van der Waals surface area contributed by atoms with Crippen LogP contribution in [0.25, 0.3) is 0 Å². The van der Waals surface area contributed by atoms with Crippen LogP contribution >= 0.6 is 11.8 Å². The van der Waals surface area contributed by atoms with Gasteiger partial charge in [-0.3, -0.25) is 4.79 Å². The van der Waals surface area contributed by atoms with E-state index in [4.69, 9.17) is 0 Å². The molecular formula is C19H23F3N2OS. The van der Waals surface area contributed by atoms with Gasteiger partial charge in [-0.2, -0.15) is 0 Å². The van der Waals surface area contributed by atoms with E-state index in [0.29, 0.717) is 11.5 Å². The number of nitrogens with one attached hydrogen (secondary N) is 2. The van der Waals surface area contributed by atoms with Gasteiger partial charge in [-0.15, -0.1) is 11.8 Å². The predicted octanol–water partition coefficient (Wildman–Crippen LogP) is 4.63. The number of halogens is 3. The fourth-order valence-corrected chi connectivity index (χ4v) is 3.87. The second kappa shape index (κ2) is 9.83. The molecule has 0 spiro atoms. The first kappa shape index (κ1) is 20.6. The SMILES string of the molecule is CNCC(C)CCSC1=CC(C(=O)Nc2cc(F)c(F)c(F)c2)=CCC1. The van der Waals surface area contributed by atoms with Crippen LogP contribution in [0.3, 0.4) is 0 Å². The van der Waals surface area contributed by atoms with Gasteiger partial charge >= 0.3 is 0 Å². The Kier molecular flexibility index (Phi) is 7.78. The normalized spacial score (nSPS) is 15.3. The minimum atomic E-state index is -1.55. The summed E-state index contributed by atoms with van der Waals surface area (Å²) in [5.41, 5.74) is 0.341. The predicted molar refractivity (Wildman–Crippen MR) is 101 cm³/mol. The number of carbonyl (C=O) groups excluding carboxylic acids is 1. The van der Waals surface area contributed by atoms with Crippen molar-refractivity contribution < 1.29 is 18.0 Å². The maximum atomic E-state index is 13.3. The molecule has 0 aliphatic heterocycles. The molecule has 0 fully saturated rings. The second-order valence-corrected chi connectivity index (χ2v) is 7.54. The lowest BCUT2D eigenvalue weighted by atomic mass is 10.1. The Morgan fingerprint density at radius 1 is 1.27 bits per heavy atom. The highest BCUT2D eigenvalue weighted by Crippen LogP contribution is 2.29. The number of carbonyl (C=O) groups is 1. The van der Waals surface area contributed by atoms with Crippen LogP contribution in [-0.2, 0) is 4.79 Å². The lowest BCUT2D eigenvalue weighted by Crippen LogP contribution is -2.17.